The molecule has 1 aliphatic rings. The number of rotatable bonds is 4. The van der Waals surface area contributed by atoms with E-state index < -0.39 is 5.82 Å². The highest BCUT2D eigenvalue weighted by atomic mass is 35.5. The summed E-state index contributed by atoms with van der Waals surface area (Å²) in [7, 11) is 0. The van der Waals surface area contributed by atoms with Gasteiger partial charge in [0, 0.05) is 16.6 Å². The summed E-state index contributed by atoms with van der Waals surface area (Å²) in [5.74, 6) is 0.614. The first-order chi connectivity index (χ1) is 11.0. The van der Waals surface area contributed by atoms with Crippen molar-refractivity contribution in [2.45, 2.75) is 17.1 Å². The summed E-state index contributed by atoms with van der Waals surface area (Å²) in [4.78, 5) is 13.0. The van der Waals surface area contributed by atoms with Gasteiger partial charge >= 0.3 is 0 Å². The third kappa shape index (κ3) is 3.71. The van der Waals surface area contributed by atoms with E-state index in [0.29, 0.717) is 17.2 Å². The van der Waals surface area contributed by atoms with Crippen LogP contribution in [0.1, 0.15) is 6.92 Å². The second-order valence-electron chi connectivity index (χ2n) is 4.89. The maximum atomic E-state index is 13.1. The molecule has 1 N–H and O–H groups in total. The fourth-order valence-electron chi connectivity index (χ4n) is 2.03. The summed E-state index contributed by atoms with van der Waals surface area (Å²) >= 11 is 7.05. The molecule has 0 saturated heterocycles. The lowest BCUT2D eigenvalue weighted by molar-refractivity contribution is -0.115. The molecule has 23 heavy (non-hydrogen) atoms. The molecule has 0 aromatic heterocycles. The van der Waals surface area contributed by atoms with Gasteiger partial charge in [-0.25, -0.2) is 4.39 Å². The number of hydrogen-bond donors (Lipinski definition) is 1. The highest BCUT2D eigenvalue weighted by molar-refractivity contribution is 8.00. The molecule has 0 bridgehead atoms. The van der Waals surface area contributed by atoms with Gasteiger partial charge < -0.3 is 14.8 Å². The molecule has 0 spiro atoms. The van der Waals surface area contributed by atoms with Crippen LogP contribution in [0.15, 0.2) is 41.3 Å². The molecule has 0 saturated carbocycles. The summed E-state index contributed by atoms with van der Waals surface area (Å²) in [5, 5.41) is 2.48. The smallest absolute Gasteiger partial charge is 0.237 e. The standard InChI is InChI=1S/C16H13ClFNO3S/c1-9(23-11-3-4-13(18)12(17)7-11)16(20)19-10-2-5-14-15(6-10)22-8-21-14/h2-7,9H,8H2,1H3,(H,19,20)/t9-/m1/s1. The first kappa shape index (κ1) is 16.0. The molecule has 7 heteroatoms. The maximum Gasteiger partial charge on any atom is 0.237 e. The summed E-state index contributed by atoms with van der Waals surface area (Å²) in [6, 6.07) is 9.59. The van der Waals surface area contributed by atoms with Crippen LogP contribution in [0.3, 0.4) is 0 Å². The van der Waals surface area contributed by atoms with E-state index in [0.717, 1.165) is 4.90 Å². The SMILES string of the molecule is C[C@@H](Sc1ccc(F)c(Cl)c1)C(=O)Nc1ccc2c(c1)OCO2. The van der Waals surface area contributed by atoms with Crippen LogP contribution in [-0.4, -0.2) is 18.0 Å². The molecule has 3 rings (SSSR count). The second-order valence-corrected chi connectivity index (χ2v) is 6.71. The van der Waals surface area contributed by atoms with Gasteiger partial charge in [0.2, 0.25) is 12.7 Å². The monoisotopic (exact) mass is 353 g/mol. The van der Waals surface area contributed by atoms with Gasteiger partial charge in [0.05, 0.1) is 10.3 Å². The highest BCUT2D eigenvalue weighted by Crippen LogP contribution is 2.34. The maximum absolute atomic E-state index is 13.1. The third-order valence-electron chi connectivity index (χ3n) is 3.21. The van der Waals surface area contributed by atoms with Gasteiger partial charge in [0.1, 0.15) is 5.82 Å². The number of anilines is 1. The average molecular weight is 354 g/mol. The quantitative estimate of drug-likeness (QED) is 0.831. The highest BCUT2D eigenvalue weighted by Gasteiger charge is 2.18. The van der Waals surface area contributed by atoms with E-state index >= 15 is 0 Å². The third-order valence-corrected chi connectivity index (χ3v) is 4.60. The predicted molar refractivity (Wildman–Crippen MR) is 87.9 cm³/mol. The molecule has 0 radical (unpaired) electrons. The topological polar surface area (TPSA) is 47.6 Å². The van der Waals surface area contributed by atoms with Crippen LogP contribution in [0.5, 0.6) is 11.5 Å². The van der Waals surface area contributed by atoms with E-state index in [1.165, 1.54) is 23.9 Å². The lowest BCUT2D eigenvalue weighted by atomic mass is 10.2. The van der Waals surface area contributed by atoms with Crippen LogP contribution in [0.4, 0.5) is 10.1 Å². The summed E-state index contributed by atoms with van der Waals surface area (Å²) in [5.41, 5.74) is 0.629. The van der Waals surface area contributed by atoms with Crippen LogP contribution in [-0.2, 0) is 4.79 Å². The molecule has 120 valence electrons. The van der Waals surface area contributed by atoms with Gasteiger partial charge in [-0.15, -0.1) is 11.8 Å². The van der Waals surface area contributed by atoms with Crippen molar-refractivity contribution in [2.75, 3.05) is 12.1 Å². The predicted octanol–water partition coefficient (Wildman–Crippen LogP) is 4.33. The first-order valence-electron chi connectivity index (χ1n) is 6.85. The van der Waals surface area contributed by atoms with Crippen LogP contribution in [0.2, 0.25) is 5.02 Å². The van der Waals surface area contributed by atoms with Crippen LogP contribution in [0, 0.1) is 5.82 Å². The van der Waals surface area contributed by atoms with Gasteiger partial charge in [0.25, 0.3) is 0 Å². The van der Waals surface area contributed by atoms with E-state index in [1.54, 1.807) is 31.2 Å². The van der Waals surface area contributed by atoms with Crippen molar-refractivity contribution in [3.8, 4) is 11.5 Å². The lowest BCUT2D eigenvalue weighted by Crippen LogP contribution is -2.22. The Morgan fingerprint density at radius 1 is 1.26 bits per heavy atom. The Bertz CT molecular complexity index is 756. The van der Waals surface area contributed by atoms with Gasteiger partial charge in [0.15, 0.2) is 11.5 Å². The number of benzene rings is 2. The summed E-state index contributed by atoms with van der Waals surface area (Å²) in [6.45, 7) is 1.95. The molecular weight excluding hydrogens is 341 g/mol. The van der Waals surface area contributed by atoms with Crippen molar-refractivity contribution in [2.24, 2.45) is 0 Å². The number of thioether (sulfide) groups is 1. The summed E-state index contributed by atoms with van der Waals surface area (Å²) < 4.78 is 23.6. The Kier molecular flexibility index (Phi) is 4.63. The average Bonchev–Trinajstić information content (AvgIpc) is 2.98. The first-order valence-corrected chi connectivity index (χ1v) is 8.11. The van der Waals surface area contributed by atoms with Gasteiger partial charge in [-0.1, -0.05) is 11.6 Å². The van der Waals surface area contributed by atoms with E-state index in [2.05, 4.69) is 5.32 Å². The molecule has 1 amide bonds. The largest absolute Gasteiger partial charge is 0.454 e. The Labute approximate surface area is 141 Å². The number of ether oxygens (including phenoxy) is 2. The number of amides is 1. The van der Waals surface area contributed by atoms with E-state index in [4.69, 9.17) is 21.1 Å². The molecule has 1 aliphatic heterocycles. The van der Waals surface area contributed by atoms with Crippen molar-refractivity contribution in [3.63, 3.8) is 0 Å². The van der Waals surface area contributed by atoms with Gasteiger partial charge in [-0.2, -0.15) is 0 Å². The molecule has 1 atom stereocenters. The zero-order valence-corrected chi connectivity index (χ0v) is 13.7. The zero-order valence-electron chi connectivity index (χ0n) is 12.1. The van der Waals surface area contributed by atoms with Crippen molar-refractivity contribution < 1.29 is 18.7 Å². The number of nitrogens with one attached hydrogen (secondary N) is 1. The fraction of sp³-hybridized carbons (Fsp3) is 0.188. The normalized spacial score (nSPS) is 13.7. The van der Waals surface area contributed by atoms with E-state index in [9.17, 15) is 9.18 Å². The lowest BCUT2D eigenvalue weighted by Gasteiger charge is -2.12. The minimum absolute atomic E-state index is 0.0402. The number of fused-ring (bicyclic) bond motifs is 1. The minimum atomic E-state index is -0.478. The fourth-order valence-corrected chi connectivity index (χ4v) is 3.18. The molecule has 0 fully saturated rings. The second kappa shape index (κ2) is 6.68. The molecule has 4 nitrogen and oxygen atoms in total. The summed E-state index contributed by atoms with van der Waals surface area (Å²) in [6.07, 6.45) is 0. The van der Waals surface area contributed by atoms with Gasteiger partial charge in [-0.3, -0.25) is 4.79 Å². The van der Waals surface area contributed by atoms with Crippen molar-refractivity contribution in [3.05, 3.63) is 47.2 Å². The Balaban J connectivity index is 1.64. The molecule has 2 aromatic carbocycles. The zero-order chi connectivity index (χ0) is 16.4. The van der Waals surface area contributed by atoms with Crippen molar-refractivity contribution in [1.82, 2.24) is 0 Å². The molecular formula is C16H13ClFNO3S. The Morgan fingerprint density at radius 2 is 2.04 bits per heavy atom. The molecule has 0 unspecified atom stereocenters. The minimum Gasteiger partial charge on any atom is -0.454 e. The van der Waals surface area contributed by atoms with Crippen molar-refractivity contribution >= 4 is 35.0 Å². The number of halogens is 2. The van der Waals surface area contributed by atoms with E-state index in [1.807, 2.05) is 0 Å². The van der Waals surface area contributed by atoms with Crippen LogP contribution < -0.4 is 14.8 Å². The number of hydrogen-bond acceptors (Lipinski definition) is 4. The number of carbonyl (C=O) groups excluding carboxylic acids is 1. The van der Waals surface area contributed by atoms with Crippen LogP contribution in [0.25, 0.3) is 0 Å². The Hall–Kier alpha value is -1.92. The molecule has 2 aromatic rings. The van der Waals surface area contributed by atoms with E-state index in [-0.39, 0.29) is 23.0 Å². The number of carbonyl (C=O) groups is 1. The Morgan fingerprint density at radius 3 is 2.83 bits per heavy atom. The van der Waals surface area contributed by atoms with Gasteiger partial charge in [-0.05, 0) is 37.3 Å². The molecule has 1 heterocycles. The molecule has 0 aliphatic carbocycles. The van der Waals surface area contributed by atoms with Crippen molar-refractivity contribution in [1.29, 1.82) is 0 Å². The van der Waals surface area contributed by atoms with Crippen LogP contribution >= 0.6 is 23.4 Å².